The van der Waals surface area contributed by atoms with Crippen molar-refractivity contribution in [3.05, 3.63) is 59.2 Å². The van der Waals surface area contributed by atoms with Crippen molar-refractivity contribution in [2.24, 2.45) is 0 Å². The zero-order chi connectivity index (χ0) is 13.9. The molecule has 0 radical (unpaired) electrons. The van der Waals surface area contributed by atoms with E-state index < -0.39 is 0 Å². The number of hydrogen-bond acceptors (Lipinski definition) is 3. The van der Waals surface area contributed by atoms with Gasteiger partial charge in [0.05, 0.1) is 12.3 Å². The first-order chi connectivity index (χ1) is 9.75. The molecule has 0 aliphatic carbocycles. The van der Waals surface area contributed by atoms with Gasteiger partial charge in [0, 0.05) is 0 Å². The summed E-state index contributed by atoms with van der Waals surface area (Å²) >= 11 is 0. The predicted octanol–water partition coefficient (Wildman–Crippen LogP) is 3.27. The minimum atomic E-state index is -0.0140. The highest BCUT2D eigenvalue weighted by atomic mass is 16.5. The van der Waals surface area contributed by atoms with Crippen molar-refractivity contribution in [1.29, 1.82) is 0 Å². The number of anilines is 1. The first-order valence-corrected chi connectivity index (χ1v) is 6.93. The first kappa shape index (κ1) is 13.0. The van der Waals surface area contributed by atoms with Gasteiger partial charge in [-0.2, -0.15) is 0 Å². The standard InChI is InChI=1S/C17H19NO2/c1-12-5-4-8-15(17(12)18)20-11-16-14-7-3-2-6-13(14)9-10-19-16/h2-8,16H,9-11,18H2,1H3. The van der Waals surface area contributed by atoms with Gasteiger partial charge in [-0.3, -0.25) is 0 Å². The second-order valence-corrected chi connectivity index (χ2v) is 5.11. The molecule has 0 saturated heterocycles. The van der Waals surface area contributed by atoms with E-state index in [0.717, 1.165) is 24.3 Å². The molecule has 2 aromatic rings. The summed E-state index contributed by atoms with van der Waals surface area (Å²) in [5.74, 6) is 0.733. The van der Waals surface area contributed by atoms with Crippen LogP contribution in [0.3, 0.4) is 0 Å². The van der Waals surface area contributed by atoms with Crippen LogP contribution < -0.4 is 10.5 Å². The highest BCUT2D eigenvalue weighted by molar-refractivity contribution is 5.57. The molecule has 0 aromatic heterocycles. The molecule has 0 bridgehead atoms. The third-order valence-corrected chi connectivity index (χ3v) is 3.77. The van der Waals surface area contributed by atoms with Crippen LogP contribution in [0.15, 0.2) is 42.5 Å². The van der Waals surface area contributed by atoms with Crippen molar-refractivity contribution in [2.75, 3.05) is 18.9 Å². The Bertz CT molecular complexity index is 610. The van der Waals surface area contributed by atoms with Gasteiger partial charge in [0.25, 0.3) is 0 Å². The van der Waals surface area contributed by atoms with Gasteiger partial charge in [-0.25, -0.2) is 0 Å². The molecule has 20 heavy (non-hydrogen) atoms. The van der Waals surface area contributed by atoms with Gasteiger partial charge in [0.1, 0.15) is 18.5 Å². The number of para-hydroxylation sites is 1. The lowest BCUT2D eigenvalue weighted by molar-refractivity contribution is 0.0104. The molecule has 1 aliphatic heterocycles. The molecule has 1 aliphatic rings. The third kappa shape index (κ3) is 2.49. The molecule has 3 nitrogen and oxygen atoms in total. The van der Waals surface area contributed by atoms with Gasteiger partial charge in [0.2, 0.25) is 0 Å². The number of rotatable bonds is 3. The van der Waals surface area contributed by atoms with Crippen molar-refractivity contribution >= 4 is 5.69 Å². The summed E-state index contributed by atoms with van der Waals surface area (Å²) < 4.78 is 11.7. The number of hydrogen-bond donors (Lipinski definition) is 1. The summed E-state index contributed by atoms with van der Waals surface area (Å²) in [6.45, 7) is 3.22. The fourth-order valence-electron chi connectivity index (χ4n) is 2.56. The summed E-state index contributed by atoms with van der Waals surface area (Å²) in [6.07, 6.45) is 0.957. The van der Waals surface area contributed by atoms with Crippen molar-refractivity contribution < 1.29 is 9.47 Å². The maximum Gasteiger partial charge on any atom is 0.142 e. The quantitative estimate of drug-likeness (QED) is 0.870. The monoisotopic (exact) mass is 269 g/mol. The second kappa shape index (κ2) is 5.55. The SMILES string of the molecule is Cc1cccc(OCC2OCCc3ccccc32)c1N. The van der Waals surface area contributed by atoms with Gasteiger partial charge < -0.3 is 15.2 Å². The Hall–Kier alpha value is -2.00. The zero-order valence-electron chi connectivity index (χ0n) is 11.6. The van der Waals surface area contributed by atoms with Gasteiger partial charge >= 0.3 is 0 Å². The molecule has 1 heterocycles. The fraction of sp³-hybridized carbons (Fsp3) is 0.294. The molecule has 2 N–H and O–H groups in total. The summed E-state index contributed by atoms with van der Waals surface area (Å²) in [4.78, 5) is 0. The Kier molecular flexibility index (Phi) is 3.61. The van der Waals surface area contributed by atoms with Crippen molar-refractivity contribution in [3.8, 4) is 5.75 Å². The molecule has 1 unspecified atom stereocenters. The van der Waals surface area contributed by atoms with Crippen LogP contribution in [-0.2, 0) is 11.2 Å². The molecule has 3 heteroatoms. The lowest BCUT2D eigenvalue weighted by atomic mass is 9.98. The topological polar surface area (TPSA) is 44.5 Å². The maximum absolute atomic E-state index is 6.03. The molecule has 1 atom stereocenters. The third-order valence-electron chi connectivity index (χ3n) is 3.77. The Morgan fingerprint density at radius 3 is 2.95 bits per heavy atom. The van der Waals surface area contributed by atoms with E-state index in [2.05, 4.69) is 18.2 Å². The molecule has 0 spiro atoms. The van der Waals surface area contributed by atoms with Gasteiger partial charge in [0.15, 0.2) is 0 Å². The number of benzene rings is 2. The van der Waals surface area contributed by atoms with E-state index in [4.69, 9.17) is 15.2 Å². The van der Waals surface area contributed by atoms with E-state index in [1.807, 2.05) is 31.2 Å². The summed E-state index contributed by atoms with van der Waals surface area (Å²) in [6, 6.07) is 14.2. The molecule has 2 aromatic carbocycles. The molecule has 104 valence electrons. The van der Waals surface area contributed by atoms with E-state index in [-0.39, 0.29) is 6.10 Å². The Balaban J connectivity index is 1.75. The van der Waals surface area contributed by atoms with Crippen LogP contribution in [0.4, 0.5) is 5.69 Å². The van der Waals surface area contributed by atoms with E-state index in [0.29, 0.717) is 12.3 Å². The normalized spacial score (nSPS) is 17.6. The summed E-state index contributed by atoms with van der Waals surface area (Å²) in [5, 5.41) is 0. The second-order valence-electron chi connectivity index (χ2n) is 5.11. The van der Waals surface area contributed by atoms with Crippen LogP contribution >= 0.6 is 0 Å². The lowest BCUT2D eigenvalue weighted by Gasteiger charge is -2.26. The van der Waals surface area contributed by atoms with Crippen LogP contribution in [0.1, 0.15) is 22.8 Å². The zero-order valence-corrected chi connectivity index (χ0v) is 11.6. The Morgan fingerprint density at radius 2 is 2.05 bits per heavy atom. The highest BCUT2D eigenvalue weighted by Gasteiger charge is 2.21. The highest BCUT2D eigenvalue weighted by Crippen LogP contribution is 2.30. The summed E-state index contributed by atoms with van der Waals surface area (Å²) in [7, 11) is 0. The number of nitrogens with two attached hydrogens (primary N) is 1. The minimum Gasteiger partial charge on any atom is -0.488 e. The average Bonchev–Trinajstić information content (AvgIpc) is 2.49. The number of aryl methyl sites for hydroxylation is 1. The van der Waals surface area contributed by atoms with Crippen molar-refractivity contribution in [2.45, 2.75) is 19.4 Å². The van der Waals surface area contributed by atoms with E-state index in [1.165, 1.54) is 11.1 Å². The van der Waals surface area contributed by atoms with Crippen molar-refractivity contribution in [3.63, 3.8) is 0 Å². The van der Waals surface area contributed by atoms with E-state index in [1.54, 1.807) is 0 Å². The number of nitrogen functional groups attached to an aromatic ring is 1. The van der Waals surface area contributed by atoms with E-state index >= 15 is 0 Å². The lowest BCUT2D eigenvalue weighted by Crippen LogP contribution is -2.21. The smallest absolute Gasteiger partial charge is 0.142 e. The molecular weight excluding hydrogens is 250 g/mol. The average molecular weight is 269 g/mol. The number of ether oxygens (including phenoxy) is 2. The Labute approximate surface area is 119 Å². The van der Waals surface area contributed by atoms with E-state index in [9.17, 15) is 0 Å². The maximum atomic E-state index is 6.03. The largest absolute Gasteiger partial charge is 0.488 e. The van der Waals surface area contributed by atoms with Crippen LogP contribution in [0, 0.1) is 6.92 Å². The molecule has 0 amide bonds. The van der Waals surface area contributed by atoms with Gasteiger partial charge in [-0.05, 0) is 36.1 Å². The molecule has 0 saturated carbocycles. The van der Waals surface area contributed by atoms with Crippen molar-refractivity contribution in [1.82, 2.24) is 0 Å². The number of fused-ring (bicyclic) bond motifs is 1. The first-order valence-electron chi connectivity index (χ1n) is 6.93. The predicted molar refractivity (Wildman–Crippen MR) is 79.9 cm³/mol. The van der Waals surface area contributed by atoms with Crippen LogP contribution in [0.2, 0.25) is 0 Å². The molecule has 0 fully saturated rings. The van der Waals surface area contributed by atoms with Crippen LogP contribution in [-0.4, -0.2) is 13.2 Å². The fourth-order valence-corrected chi connectivity index (χ4v) is 2.56. The Morgan fingerprint density at radius 1 is 1.20 bits per heavy atom. The minimum absolute atomic E-state index is 0.0140. The van der Waals surface area contributed by atoms with Gasteiger partial charge in [-0.1, -0.05) is 36.4 Å². The van der Waals surface area contributed by atoms with Gasteiger partial charge in [-0.15, -0.1) is 0 Å². The summed E-state index contributed by atoms with van der Waals surface area (Å²) in [5.41, 5.74) is 10.3. The molecule has 3 rings (SSSR count). The molecular formula is C17H19NO2. The van der Waals surface area contributed by atoms with Crippen LogP contribution in [0.5, 0.6) is 5.75 Å². The van der Waals surface area contributed by atoms with Crippen LogP contribution in [0.25, 0.3) is 0 Å².